The molecule has 3 N–H and O–H groups in total. The van der Waals surface area contributed by atoms with E-state index in [1.165, 1.54) is 32.1 Å². The molecule has 0 fully saturated rings. The fraction of sp³-hybridized carbons (Fsp3) is 0.121. The lowest BCUT2D eigenvalue weighted by Gasteiger charge is -2.13. The zero-order valence-electron chi connectivity index (χ0n) is 23.5. The zero-order valence-corrected chi connectivity index (χ0v) is 24.3. The van der Waals surface area contributed by atoms with Gasteiger partial charge in [-0.15, -0.1) is 11.8 Å². The summed E-state index contributed by atoms with van der Waals surface area (Å²) >= 11 is 1.34. The lowest BCUT2D eigenvalue weighted by atomic mass is 10.1. The number of carbonyl (C=O) groups excluding carboxylic acids is 3. The van der Waals surface area contributed by atoms with Crippen LogP contribution < -0.4 is 25.4 Å². The molecule has 0 saturated carbocycles. The number of rotatable bonds is 11. The van der Waals surface area contributed by atoms with Gasteiger partial charge in [0.05, 0.1) is 20.0 Å². The van der Waals surface area contributed by atoms with Crippen LogP contribution in [0.5, 0.6) is 11.5 Å². The van der Waals surface area contributed by atoms with E-state index in [0.29, 0.717) is 28.3 Å². The van der Waals surface area contributed by atoms with Crippen molar-refractivity contribution in [2.75, 3.05) is 30.6 Å². The molecule has 0 spiro atoms. The van der Waals surface area contributed by atoms with Crippen molar-refractivity contribution < 1.29 is 23.9 Å². The van der Waals surface area contributed by atoms with Crippen molar-refractivity contribution in [2.45, 2.75) is 11.8 Å². The van der Waals surface area contributed by atoms with Crippen LogP contribution in [0.2, 0.25) is 0 Å². The highest BCUT2D eigenvalue weighted by Gasteiger charge is 2.17. The van der Waals surface area contributed by atoms with Crippen LogP contribution in [0.1, 0.15) is 21.5 Å². The van der Waals surface area contributed by atoms with Gasteiger partial charge in [0.1, 0.15) is 17.2 Å². The number of carbonyl (C=O) groups is 3. The molecule has 3 amide bonds. The van der Waals surface area contributed by atoms with E-state index in [0.717, 1.165) is 16.1 Å². The number of methoxy groups -OCH3 is 2. The number of thioether (sulfide) groups is 1. The summed E-state index contributed by atoms with van der Waals surface area (Å²) in [5.41, 5.74) is 3.29. The quantitative estimate of drug-likeness (QED) is 0.145. The monoisotopic (exact) mass is 581 g/mol. The third-order valence-electron chi connectivity index (χ3n) is 6.06. The van der Waals surface area contributed by atoms with Gasteiger partial charge in [0.25, 0.3) is 11.8 Å². The molecular weight excluding hydrogens is 550 g/mol. The number of anilines is 2. The Morgan fingerprint density at radius 3 is 2.26 bits per heavy atom. The number of hydrogen-bond donors (Lipinski definition) is 3. The molecule has 0 heterocycles. The lowest BCUT2D eigenvalue weighted by Crippen LogP contribution is -2.30. The van der Waals surface area contributed by atoms with Crippen LogP contribution in [0, 0.1) is 6.92 Å². The highest BCUT2D eigenvalue weighted by Crippen LogP contribution is 2.27. The Hall–Kier alpha value is -5.02. The van der Waals surface area contributed by atoms with Crippen molar-refractivity contribution in [1.82, 2.24) is 5.32 Å². The predicted octanol–water partition coefficient (Wildman–Crippen LogP) is 6.15. The van der Waals surface area contributed by atoms with Crippen molar-refractivity contribution >= 4 is 46.9 Å². The van der Waals surface area contributed by atoms with Crippen LogP contribution in [0.25, 0.3) is 6.08 Å². The van der Waals surface area contributed by atoms with Crippen LogP contribution in [-0.2, 0) is 9.59 Å². The van der Waals surface area contributed by atoms with E-state index in [4.69, 9.17) is 9.47 Å². The van der Waals surface area contributed by atoms with Gasteiger partial charge in [0.15, 0.2) is 0 Å². The molecular formula is C33H31N3O5S. The summed E-state index contributed by atoms with van der Waals surface area (Å²) in [4.78, 5) is 39.7. The third kappa shape index (κ3) is 8.49. The van der Waals surface area contributed by atoms with Crippen molar-refractivity contribution in [3.63, 3.8) is 0 Å². The minimum atomic E-state index is -0.539. The molecule has 214 valence electrons. The number of benzene rings is 4. The molecule has 0 radical (unpaired) electrons. The van der Waals surface area contributed by atoms with Gasteiger partial charge in [-0.25, -0.2) is 0 Å². The zero-order chi connectivity index (χ0) is 29.9. The smallest absolute Gasteiger partial charge is 0.272 e. The van der Waals surface area contributed by atoms with Gasteiger partial charge >= 0.3 is 0 Å². The molecule has 0 aliphatic rings. The van der Waals surface area contributed by atoms with Crippen molar-refractivity contribution in [3.8, 4) is 11.5 Å². The molecule has 4 rings (SSSR count). The van der Waals surface area contributed by atoms with Gasteiger partial charge < -0.3 is 25.4 Å². The van der Waals surface area contributed by atoms with Gasteiger partial charge in [0, 0.05) is 27.4 Å². The van der Waals surface area contributed by atoms with Crippen molar-refractivity contribution in [3.05, 3.63) is 119 Å². The van der Waals surface area contributed by atoms with E-state index < -0.39 is 11.8 Å². The van der Waals surface area contributed by atoms with Crippen LogP contribution in [0.3, 0.4) is 0 Å². The number of hydrogen-bond acceptors (Lipinski definition) is 6. The third-order valence-corrected chi connectivity index (χ3v) is 7.06. The minimum absolute atomic E-state index is 0.00550. The fourth-order valence-corrected chi connectivity index (χ4v) is 4.65. The second-order valence-electron chi connectivity index (χ2n) is 9.17. The summed E-state index contributed by atoms with van der Waals surface area (Å²) in [7, 11) is 3.06. The molecule has 4 aromatic rings. The molecule has 42 heavy (non-hydrogen) atoms. The summed E-state index contributed by atoms with van der Waals surface area (Å²) in [6.45, 7) is 1.98. The van der Waals surface area contributed by atoms with Gasteiger partial charge in [-0.05, 0) is 73.7 Å². The van der Waals surface area contributed by atoms with Crippen LogP contribution in [0.4, 0.5) is 11.4 Å². The number of aryl methyl sites for hydroxylation is 1. The summed E-state index contributed by atoms with van der Waals surface area (Å²) in [5, 5.41) is 8.46. The molecule has 0 aliphatic heterocycles. The average molecular weight is 582 g/mol. The molecule has 0 saturated heterocycles. The molecule has 4 aromatic carbocycles. The Bertz CT molecular complexity index is 1590. The SMILES string of the molecule is COc1ccc(OC)c(/C=C(/NC(=O)c2ccccc2)C(=O)Nc2cccc(SCC(=O)Nc3ccc(C)cc3)c2)c1. The Morgan fingerprint density at radius 1 is 0.786 bits per heavy atom. The van der Waals surface area contributed by atoms with E-state index in [1.807, 2.05) is 37.3 Å². The lowest BCUT2D eigenvalue weighted by molar-refractivity contribution is -0.114. The Kier molecular flexibility index (Phi) is 10.4. The van der Waals surface area contributed by atoms with E-state index in [9.17, 15) is 14.4 Å². The highest BCUT2D eigenvalue weighted by molar-refractivity contribution is 8.00. The van der Waals surface area contributed by atoms with Crippen molar-refractivity contribution in [1.29, 1.82) is 0 Å². The van der Waals surface area contributed by atoms with Crippen molar-refractivity contribution in [2.24, 2.45) is 0 Å². The fourth-order valence-electron chi connectivity index (χ4n) is 3.90. The van der Waals surface area contributed by atoms with Gasteiger partial charge in [0.2, 0.25) is 5.91 Å². The van der Waals surface area contributed by atoms with E-state index >= 15 is 0 Å². The summed E-state index contributed by atoms with van der Waals surface area (Å²) in [6, 6.07) is 28.5. The molecule has 9 heteroatoms. The van der Waals surface area contributed by atoms with Gasteiger partial charge in [-0.3, -0.25) is 14.4 Å². The standard InChI is InChI=1S/C33H31N3O5S/c1-22-12-14-25(15-13-22)34-31(37)21-42-28-11-7-10-26(20-28)35-33(39)29(36-32(38)23-8-5-4-6-9-23)19-24-18-27(40-2)16-17-30(24)41-3/h4-20H,21H2,1-3H3,(H,34,37)(H,35,39)(H,36,38)/b29-19+. The highest BCUT2D eigenvalue weighted by atomic mass is 32.2. The van der Waals surface area contributed by atoms with E-state index in [2.05, 4.69) is 16.0 Å². The minimum Gasteiger partial charge on any atom is -0.497 e. The van der Waals surface area contributed by atoms with E-state index in [-0.39, 0.29) is 17.4 Å². The average Bonchev–Trinajstić information content (AvgIpc) is 3.01. The Morgan fingerprint density at radius 2 is 1.55 bits per heavy atom. The van der Waals surface area contributed by atoms with Crippen LogP contribution in [-0.4, -0.2) is 37.7 Å². The predicted molar refractivity (Wildman–Crippen MR) is 167 cm³/mol. The molecule has 0 unspecified atom stereocenters. The number of ether oxygens (including phenoxy) is 2. The van der Waals surface area contributed by atoms with E-state index in [1.54, 1.807) is 66.7 Å². The molecule has 0 aliphatic carbocycles. The second kappa shape index (κ2) is 14.6. The Balaban J connectivity index is 1.51. The molecule has 0 bridgehead atoms. The first-order valence-corrected chi connectivity index (χ1v) is 14.0. The molecule has 0 aromatic heterocycles. The number of amides is 3. The normalized spacial score (nSPS) is 10.9. The largest absolute Gasteiger partial charge is 0.497 e. The van der Waals surface area contributed by atoms with Crippen LogP contribution in [0.15, 0.2) is 108 Å². The molecule has 0 atom stereocenters. The maximum absolute atomic E-state index is 13.5. The maximum atomic E-state index is 13.5. The summed E-state index contributed by atoms with van der Waals surface area (Å²) in [5.74, 6) is 0.134. The maximum Gasteiger partial charge on any atom is 0.272 e. The first-order chi connectivity index (χ1) is 20.3. The van der Waals surface area contributed by atoms with Gasteiger partial charge in [-0.2, -0.15) is 0 Å². The Labute approximate surface area is 249 Å². The summed E-state index contributed by atoms with van der Waals surface area (Å²) < 4.78 is 10.8. The van der Waals surface area contributed by atoms with Crippen LogP contribution >= 0.6 is 11.8 Å². The summed E-state index contributed by atoms with van der Waals surface area (Å²) in [6.07, 6.45) is 1.53. The molecule has 8 nitrogen and oxygen atoms in total. The second-order valence-corrected chi connectivity index (χ2v) is 10.2. The number of nitrogens with one attached hydrogen (secondary N) is 3. The first kappa shape index (κ1) is 30.0. The van der Waals surface area contributed by atoms with Gasteiger partial charge in [-0.1, -0.05) is 42.0 Å². The topological polar surface area (TPSA) is 106 Å². The first-order valence-electron chi connectivity index (χ1n) is 13.1.